The van der Waals surface area contributed by atoms with Crippen molar-refractivity contribution in [3.05, 3.63) is 25.3 Å². The van der Waals surface area contributed by atoms with Crippen molar-refractivity contribution in [2.24, 2.45) is 0 Å². The summed E-state index contributed by atoms with van der Waals surface area (Å²) in [5, 5.41) is 0. The third kappa shape index (κ3) is 4.86. The Kier molecular flexibility index (Phi) is 4.79. The molecule has 0 spiro atoms. The minimum atomic E-state index is -2.98. The summed E-state index contributed by atoms with van der Waals surface area (Å²) in [4.78, 5) is 9.05. The summed E-state index contributed by atoms with van der Waals surface area (Å²) in [5.74, 6) is 0.515. The Morgan fingerprint density at radius 2 is 2.10 bits per heavy atom. The van der Waals surface area contributed by atoms with Crippen molar-refractivity contribution in [3.8, 4) is 0 Å². The van der Waals surface area contributed by atoms with E-state index in [2.05, 4.69) is 13.2 Å². The summed E-state index contributed by atoms with van der Waals surface area (Å²) >= 11 is 1.03. The van der Waals surface area contributed by atoms with E-state index in [1.165, 1.54) is 6.08 Å². The van der Waals surface area contributed by atoms with Crippen molar-refractivity contribution in [3.63, 3.8) is 0 Å². The Morgan fingerprint density at radius 3 is 2.50 bits per heavy atom. The van der Waals surface area contributed by atoms with E-state index in [1.54, 1.807) is 6.08 Å². The van der Waals surface area contributed by atoms with Gasteiger partial charge in [-0.3, -0.25) is 4.57 Å². The fraction of sp³-hybridized carbons (Fsp3) is 0.333. The summed E-state index contributed by atoms with van der Waals surface area (Å²) < 4.78 is 11.0. The second-order valence-corrected chi connectivity index (χ2v) is 6.41. The topological polar surface area (TPSA) is 37.3 Å². The van der Waals surface area contributed by atoms with E-state index in [9.17, 15) is 4.57 Å². The maximum Gasteiger partial charge on any atom is 0.259 e. The average molecular weight is 178 g/mol. The van der Waals surface area contributed by atoms with Crippen LogP contribution >= 0.6 is 18.0 Å². The van der Waals surface area contributed by atoms with Crippen LogP contribution in [0.4, 0.5) is 0 Å². The Bertz CT molecular complexity index is 167. The molecule has 0 aromatic heterocycles. The molecule has 1 unspecified atom stereocenters. The van der Waals surface area contributed by atoms with Gasteiger partial charge < -0.3 is 4.89 Å². The Balaban J connectivity index is 3.74. The van der Waals surface area contributed by atoms with Gasteiger partial charge in [0.1, 0.15) is 0 Å². The maximum atomic E-state index is 11.0. The largest absolute Gasteiger partial charge is 0.337 e. The monoisotopic (exact) mass is 178 g/mol. The molecular weight excluding hydrogens is 167 g/mol. The van der Waals surface area contributed by atoms with E-state index < -0.39 is 6.57 Å². The van der Waals surface area contributed by atoms with Gasteiger partial charge >= 0.3 is 0 Å². The molecule has 0 aliphatic carbocycles. The van der Waals surface area contributed by atoms with Crippen LogP contribution in [0.25, 0.3) is 0 Å². The van der Waals surface area contributed by atoms with Crippen molar-refractivity contribution in [2.45, 2.75) is 0 Å². The number of hydrogen-bond acceptors (Lipinski definition) is 2. The molecule has 0 aromatic carbocycles. The van der Waals surface area contributed by atoms with Crippen LogP contribution in [-0.4, -0.2) is 16.8 Å². The van der Waals surface area contributed by atoms with Gasteiger partial charge in [-0.25, -0.2) is 0 Å². The number of hydrogen-bond donors (Lipinski definition) is 1. The first-order valence-electron chi connectivity index (χ1n) is 2.80. The fourth-order valence-electron chi connectivity index (χ4n) is 0.385. The van der Waals surface area contributed by atoms with Crippen LogP contribution in [0.3, 0.4) is 0 Å². The van der Waals surface area contributed by atoms with Gasteiger partial charge in [0.05, 0.1) is 6.16 Å². The highest BCUT2D eigenvalue weighted by molar-refractivity contribution is 8.56. The van der Waals surface area contributed by atoms with Gasteiger partial charge in [-0.1, -0.05) is 23.5 Å². The van der Waals surface area contributed by atoms with Crippen LogP contribution in [-0.2, 0) is 4.57 Å². The molecule has 0 saturated heterocycles. The van der Waals surface area contributed by atoms with Crippen molar-refractivity contribution >= 4 is 18.0 Å². The minimum absolute atomic E-state index is 0.172. The number of rotatable bonds is 5. The predicted octanol–water partition coefficient (Wildman–Crippen LogP) is 2.28. The normalized spacial score (nSPS) is 15.7. The van der Waals surface area contributed by atoms with E-state index in [1.807, 2.05) is 0 Å². The first-order chi connectivity index (χ1) is 4.62. The van der Waals surface area contributed by atoms with Crippen LogP contribution in [0.15, 0.2) is 25.3 Å². The van der Waals surface area contributed by atoms with Crippen molar-refractivity contribution in [1.82, 2.24) is 0 Å². The van der Waals surface area contributed by atoms with E-state index in [0.717, 1.165) is 11.4 Å². The Morgan fingerprint density at radius 1 is 1.50 bits per heavy atom. The molecule has 0 fully saturated rings. The smallest absolute Gasteiger partial charge is 0.259 e. The van der Waals surface area contributed by atoms with Gasteiger partial charge in [-0.05, 0) is 0 Å². The molecule has 0 aliphatic rings. The second kappa shape index (κ2) is 4.78. The third-order valence-electron chi connectivity index (χ3n) is 0.754. The Labute approximate surface area is 65.2 Å². The van der Waals surface area contributed by atoms with Crippen LogP contribution in [0, 0.1) is 0 Å². The molecule has 10 heavy (non-hydrogen) atoms. The lowest BCUT2D eigenvalue weighted by Gasteiger charge is -2.04. The zero-order valence-corrected chi connectivity index (χ0v) is 7.40. The summed E-state index contributed by atoms with van der Waals surface area (Å²) in [7, 11) is 0. The van der Waals surface area contributed by atoms with Gasteiger partial charge in [0.15, 0.2) is 0 Å². The average Bonchev–Trinajstić information content (AvgIpc) is 1.84. The molecule has 0 saturated carbocycles. The van der Waals surface area contributed by atoms with Gasteiger partial charge in [0, 0.05) is 5.75 Å². The molecule has 0 amide bonds. The molecule has 0 heterocycles. The first kappa shape index (κ1) is 10.0. The molecule has 0 aromatic rings. The van der Waals surface area contributed by atoms with E-state index >= 15 is 0 Å². The van der Waals surface area contributed by atoms with E-state index in [0.29, 0.717) is 5.75 Å². The van der Waals surface area contributed by atoms with Crippen molar-refractivity contribution in [2.75, 3.05) is 11.9 Å². The molecule has 0 aliphatic heterocycles. The summed E-state index contributed by atoms with van der Waals surface area (Å²) in [6.07, 6.45) is 3.24. The van der Waals surface area contributed by atoms with Crippen LogP contribution in [0.2, 0.25) is 0 Å². The second-order valence-electron chi connectivity index (χ2n) is 1.69. The number of allylic oxidation sites excluding steroid dienone is 1. The molecule has 2 nitrogen and oxygen atoms in total. The van der Waals surface area contributed by atoms with Gasteiger partial charge in [0.25, 0.3) is 6.57 Å². The highest BCUT2D eigenvalue weighted by Crippen LogP contribution is 2.54. The SMILES string of the molecule is C=CCSP(=O)(O)CC=C. The highest BCUT2D eigenvalue weighted by Gasteiger charge is 2.14. The molecule has 0 bridgehead atoms. The van der Waals surface area contributed by atoms with Crippen molar-refractivity contribution < 1.29 is 9.46 Å². The molecule has 1 N–H and O–H groups in total. The van der Waals surface area contributed by atoms with E-state index in [-0.39, 0.29) is 6.16 Å². The predicted molar refractivity (Wildman–Crippen MR) is 47.5 cm³/mol. The zero-order valence-electron chi connectivity index (χ0n) is 5.69. The van der Waals surface area contributed by atoms with Gasteiger partial charge in [0.2, 0.25) is 0 Å². The standard InChI is InChI=1S/C6H11O2PS/c1-3-5-9(7,8)10-6-4-2/h3-4H,1-2,5-6H2,(H,7,8). The lowest BCUT2D eigenvalue weighted by Crippen LogP contribution is -1.79. The van der Waals surface area contributed by atoms with Crippen LogP contribution < -0.4 is 0 Å². The van der Waals surface area contributed by atoms with Crippen LogP contribution in [0.5, 0.6) is 0 Å². The molecule has 0 rings (SSSR count). The quantitative estimate of drug-likeness (QED) is 0.518. The zero-order chi connectivity index (χ0) is 8.04. The lowest BCUT2D eigenvalue weighted by atomic mass is 10.8. The fourth-order valence-corrected chi connectivity index (χ4v) is 2.80. The summed E-state index contributed by atoms with van der Waals surface area (Å²) in [6.45, 7) is 3.85. The maximum absolute atomic E-state index is 11.0. The van der Waals surface area contributed by atoms with E-state index in [4.69, 9.17) is 4.89 Å². The van der Waals surface area contributed by atoms with Gasteiger partial charge in [-0.15, -0.1) is 13.2 Å². The molecule has 1 atom stereocenters. The van der Waals surface area contributed by atoms with Crippen molar-refractivity contribution in [1.29, 1.82) is 0 Å². The third-order valence-corrected chi connectivity index (χ3v) is 4.37. The molecule has 58 valence electrons. The molecular formula is C6H11O2PS. The Hall–Kier alpha value is 0.0200. The highest BCUT2D eigenvalue weighted by atomic mass is 32.7. The lowest BCUT2D eigenvalue weighted by molar-refractivity contribution is 0.500. The van der Waals surface area contributed by atoms with Crippen LogP contribution in [0.1, 0.15) is 0 Å². The summed E-state index contributed by atoms with van der Waals surface area (Å²) in [6, 6.07) is 0. The van der Waals surface area contributed by atoms with Gasteiger partial charge in [-0.2, -0.15) is 0 Å². The first-order valence-corrected chi connectivity index (χ1v) is 6.24. The molecule has 0 radical (unpaired) electrons. The summed E-state index contributed by atoms with van der Waals surface area (Å²) in [5.41, 5.74) is 0. The molecule has 4 heteroatoms. The minimum Gasteiger partial charge on any atom is -0.337 e.